The molecule has 21 heavy (non-hydrogen) atoms. The smallest absolute Gasteiger partial charge is 0.0373 e. The van der Waals surface area contributed by atoms with Gasteiger partial charge in [0.15, 0.2) is 0 Å². The van der Waals surface area contributed by atoms with Crippen LogP contribution in [0.2, 0.25) is 0 Å². The maximum absolute atomic E-state index is 3.68. The average molecular weight is 298 g/mol. The molecule has 1 unspecified atom stereocenters. The van der Waals surface area contributed by atoms with Gasteiger partial charge in [-0.2, -0.15) is 0 Å². The van der Waals surface area contributed by atoms with E-state index in [1.807, 2.05) is 11.3 Å². The van der Waals surface area contributed by atoms with E-state index in [1.165, 1.54) is 41.8 Å². The molecule has 2 heterocycles. The van der Waals surface area contributed by atoms with Gasteiger partial charge in [0.2, 0.25) is 0 Å². The Bertz CT molecular complexity index is 562. The van der Waals surface area contributed by atoms with Crippen molar-refractivity contribution in [2.24, 2.45) is 0 Å². The third-order valence-corrected chi connectivity index (χ3v) is 5.56. The van der Waals surface area contributed by atoms with Gasteiger partial charge in [-0.25, -0.2) is 0 Å². The summed E-state index contributed by atoms with van der Waals surface area (Å²) in [6.45, 7) is 2.21. The molecule has 1 aromatic heterocycles. The number of para-hydroxylation sites is 1. The lowest BCUT2D eigenvalue weighted by Gasteiger charge is -2.30. The molecule has 0 radical (unpaired) electrons. The van der Waals surface area contributed by atoms with Crippen molar-refractivity contribution in [1.82, 2.24) is 4.90 Å². The molecule has 2 aromatic rings. The first-order valence-electron chi connectivity index (χ1n) is 8.00. The summed E-state index contributed by atoms with van der Waals surface area (Å²) in [5, 5.41) is 5.88. The zero-order chi connectivity index (χ0) is 14.1. The fourth-order valence-electron chi connectivity index (χ4n) is 3.39. The molecule has 3 heteroatoms. The van der Waals surface area contributed by atoms with E-state index in [0.717, 1.165) is 19.1 Å². The Kier molecular flexibility index (Phi) is 3.70. The molecule has 0 saturated heterocycles. The lowest BCUT2D eigenvalue weighted by molar-refractivity contribution is 0.178. The summed E-state index contributed by atoms with van der Waals surface area (Å²) in [4.78, 5) is 4.26. The highest BCUT2D eigenvalue weighted by molar-refractivity contribution is 7.09. The molecule has 1 aliphatic carbocycles. The van der Waals surface area contributed by atoms with Crippen LogP contribution in [0.3, 0.4) is 0 Å². The molecular weight excluding hydrogens is 276 g/mol. The monoisotopic (exact) mass is 298 g/mol. The molecule has 0 spiro atoms. The van der Waals surface area contributed by atoms with Crippen molar-refractivity contribution >= 4 is 17.0 Å². The number of aryl methyl sites for hydroxylation is 1. The quantitative estimate of drug-likeness (QED) is 0.912. The van der Waals surface area contributed by atoms with Crippen LogP contribution >= 0.6 is 11.3 Å². The van der Waals surface area contributed by atoms with Crippen molar-refractivity contribution in [1.29, 1.82) is 0 Å². The highest BCUT2D eigenvalue weighted by atomic mass is 32.1. The summed E-state index contributed by atoms with van der Waals surface area (Å²) >= 11 is 1.89. The normalized spacial score (nSPS) is 21.7. The van der Waals surface area contributed by atoms with Crippen LogP contribution in [0.1, 0.15) is 29.7 Å². The molecule has 1 fully saturated rings. The Morgan fingerprint density at radius 2 is 1.95 bits per heavy atom. The second-order valence-electron chi connectivity index (χ2n) is 6.21. The van der Waals surface area contributed by atoms with E-state index in [9.17, 15) is 0 Å². The predicted octanol–water partition coefficient (Wildman–Crippen LogP) is 4.14. The molecule has 1 saturated carbocycles. The second-order valence-corrected chi connectivity index (χ2v) is 7.25. The van der Waals surface area contributed by atoms with Gasteiger partial charge in [-0.3, -0.25) is 4.90 Å². The molecular formula is C18H22N2S. The Balaban J connectivity index is 1.49. The van der Waals surface area contributed by atoms with Gasteiger partial charge in [0.1, 0.15) is 0 Å². The first-order chi connectivity index (χ1) is 10.4. The number of thiophene rings is 1. The summed E-state index contributed by atoms with van der Waals surface area (Å²) in [7, 11) is 0. The van der Waals surface area contributed by atoms with Gasteiger partial charge >= 0.3 is 0 Å². The molecule has 2 nitrogen and oxygen atoms in total. The van der Waals surface area contributed by atoms with Crippen molar-refractivity contribution in [2.45, 2.75) is 44.3 Å². The van der Waals surface area contributed by atoms with E-state index in [2.05, 4.69) is 52.0 Å². The van der Waals surface area contributed by atoms with E-state index in [0.29, 0.717) is 6.04 Å². The minimum atomic E-state index is 0.659. The highest BCUT2D eigenvalue weighted by Crippen LogP contribution is 2.33. The number of anilines is 1. The van der Waals surface area contributed by atoms with Crippen LogP contribution in [-0.4, -0.2) is 23.5 Å². The number of hydrogen-bond acceptors (Lipinski definition) is 3. The zero-order valence-electron chi connectivity index (χ0n) is 12.3. The number of benzene rings is 1. The number of hydrogen-bond donors (Lipinski definition) is 1. The van der Waals surface area contributed by atoms with Crippen molar-refractivity contribution in [3.63, 3.8) is 0 Å². The summed E-state index contributed by atoms with van der Waals surface area (Å²) in [5.74, 6) is 0. The van der Waals surface area contributed by atoms with Gasteiger partial charge in [-0.15, -0.1) is 11.3 Å². The Labute approximate surface area is 130 Å². The zero-order valence-corrected chi connectivity index (χ0v) is 13.1. The van der Waals surface area contributed by atoms with Crippen molar-refractivity contribution < 1.29 is 0 Å². The highest BCUT2D eigenvalue weighted by Gasteiger charge is 2.34. The van der Waals surface area contributed by atoms with Crippen LogP contribution in [0.4, 0.5) is 5.69 Å². The SMILES string of the molecule is c1csc(CN(C2CC2)C2CCc3ccccc3NC2)c1. The Hall–Kier alpha value is -1.32. The number of nitrogens with one attached hydrogen (secondary N) is 1. The molecule has 1 aliphatic heterocycles. The van der Waals surface area contributed by atoms with Gasteiger partial charge in [-0.1, -0.05) is 24.3 Å². The first-order valence-corrected chi connectivity index (χ1v) is 8.88. The molecule has 2 aliphatic rings. The van der Waals surface area contributed by atoms with Gasteiger partial charge in [0.25, 0.3) is 0 Å². The largest absolute Gasteiger partial charge is 0.383 e. The molecule has 1 aromatic carbocycles. The van der Waals surface area contributed by atoms with Crippen LogP contribution in [0.25, 0.3) is 0 Å². The second kappa shape index (κ2) is 5.82. The van der Waals surface area contributed by atoms with E-state index in [-0.39, 0.29) is 0 Å². The minimum absolute atomic E-state index is 0.659. The fraction of sp³-hybridized carbons (Fsp3) is 0.444. The lowest BCUT2D eigenvalue weighted by Crippen LogP contribution is -2.40. The van der Waals surface area contributed by atoms with E-state index < -0.39 is 0 Å². The number of fused-ring (bicyclic) bond motifs is 1. The maximum Gasteiger partial charge on any atom is 0.0373 e. The third kappa shape index (κ3) is 2.99. The van der Waals surface area contributed by atoms with Gasteiger partial charge < -0.3 is 5.32 Å². The van der Waals surface area contributed by atoms with Crippen molar-refractivity contribution in [3.05, 3.63) is 52.2 Å². The van der Waals surface area contributed by atoms with Crippen molar-refractivity contribution in [2.75, 3.05) is 11.9 Å². The van der Waals surface area contributed by atoms with E-state index in [4.69, 9.17) is 0 Å². The predicted molar refractivity (Wildman–Crippen MR) is 89.9 cm³/mol. The fourth-order valence-corrected chi connectivity index (χ4v) is 4.10. The van der Waals surface area contributed by atoms with Gasteiger partial charge in [-0.05, 0) is 48.8 Å². The topological polar surface area (TPSA) is 15.3 Å². The van der Waals surface area contributed by atoms with E-state index in [1.54, 1.807) is 0 Å². The van der Waals surface area contributed by atoms with Gasteiger partial charge in [0, 0.05) is 35.7 Å². The molecule has 110 valence electrons. The number of rotatable bonds is 4. The summed E-state index contributed by atoms with van der Waals surface area (Å²) in [6, 6.07) is 14.7. The molecule has 0 amide bonds. The van der Waals surface area contributed by atoms with Crippen LogP contribution in [0, 0.1) is 0 Å². The molecule has 4 rings (SSSR count). The standard InChI is InChI=1S/C18H22N2S/c1-2-6-18-14(4-1)7-8-16(12-19-18)20(15-9-10-15)13-17-5-3-11-21-17/h1-6,11,15-16,19H,7-10,12-13H2. The van der Waals surface area contributed by atoms with Crippen LogP contribution < -0.4 is 5.32 Å². The van der Waals surface area contributed by atoms with Crippen LogP contribution in [0.5, 0.6) is 0 Å². The maximum atomic E-state index is 3.68. The summed E-state index contributed by atoms with van der Waals surface area (Å²) in [6.07, 6.45) is 5.23. The van der Waals surface area contributed by atoms with Crippen LogP contribution in [-0.2, 0) is 13.0 Å². The Morgan fingerprint density at radius 1 is 1.05 bits per heavy atom. The minimum Gasteiger partial charge on any atom is -0.383 e. The number of nitrogens with zero attached hydrogens (tertiary/aromatic N) is 1. The molecule has 0 bridgehead atoms. The average Bonchev–Trinajstić information content (AvgIpc) is 3.27. The summed E-state index contributed by atoms with van der Waals surface area (Å²) in [5.41, 5.74) is 2.82. The summed E-state index contributed by atoms with van der Waals surface area (Å²) < 4.78 is 0. The molecule has 1 atom stereocenters. The van der Waals surface area contributed by atoms with Crippen molar-refractivity contribution in [3.8, 4) is 0 Å². The lowest BCUT2D eigenvalue weighted by atomic mass is 10.0. The van der Waals surface area contributed by atoms with Gasteiger partial charge in [0.05, 0.1) is 0 Å². The van der Waals surface area contributed by atoms with E-state index >= 15 is 0 Å². The Morgan fingerprint density at radius 3 is 2.76 bits per heavy atom. The first kappa shape index (κ1) is 13.4. The van der Waals surface area contributed by atoms with Crippen LogP contribution in [0.15, 0.2) is 41.8 Å². The molecule has 1 N–H and O–H groups in total. The third-order valence-electron chi connectivity index (χ3n) is 4.70.